The molecule has 0 amide bonds. The molecule has 3 aromatic carbocycles. The van der Waals surface area contributed by atoms with E-state index in [1.54, 1.807) is 6.07 Å². The van der Waals surface area contributed by atoms with Gasteiger partial charge in [-0.3, -0.25) is 5.14 Å². The molecule has 1 aliphatic rings. The highest BCUT2D eigenvalue weighted by Gasteiger charge is 2.17. The molecule has 1 atom stereocenters. The molecule has 2 aromatic heterocycles. The van der Waals surface area contributed by atoms with Gasteiger partial charge in [-0.1, -0.05) is 54.6 Å². The summed E-state index contributed by atoms with van der Waals surface area (Å²) in [5, 5.41) is 15.7. The number of nitrogens with two attached hydrogens (primary N) is 1. The molecule has 1 unspecified atom stereocenters. The molecular weight excluding hydrogens is 454 g/mol. The number of hydrogen-bond donors (Lipinski definition) is 2. The number of benzene rings is 3. The van der Waals surface area contributed by atoms with Gasteiger partial charge in [0.2, 0.25) is 0 Å². The van der Waals surface area contributed by atoms with Crippen LogP contribution in [0.25, 0.3) is 38.7 Å². The summed E-state index contributed by atoms with van der Waals surface area (Å²) in [6.07, 6.45) is 8.13. The average molecular weight is 482 g/mol. The molecule has 6 rings (SSSR count). The van der Waals surface area contributed by atoms with Crippen molar-refractivity contribution < 1.29 is 4.21 Å². The SMILES string of the molecule is C=S(N)(=O)c1ccc(-c2cnn3cc(-c4ccc(C5CCNCC5)cc4)cnc23)c2ccccc12. The Morgan fingerprint density at radius 1 is 0.914 bits per heavy atom. The first-order valence-corrected chi connectivity index (χ1v) is 13.6. The van der Waals surface area contributed by atoms with Crippen molar-refractivity contribution in [2.24, 2.45) is 5.14 Å². The molecular formula is C28H27N5OS. The molecule has 176 valence electrons. The Balaban J connectivity index is 1.38. The maximum atomic E-state index is 12.5. The molecule has 1 fully saturated rings. The maximum Gasteiger partial charge on any atom is 0.162 e. The predicted molar refractivity (Wildman–Crippen MR) is 144 cm³/mol. The maximum absolute atomic E-state index is 12.5. The molecule has 6 nitrogen and oxygen atoms in total. The minimum Gasteiger partial charge on any atom is -0.317 e. The van der Waals surface area contributed by atoms with Gasteiger partial charge in [0, 0.05) is 23.5 Å². The fourth-order valence-electron chi connectivity index (χ4n) is 5.12. The van der Waals surface area contributed by atoms with E-state index >= 15 is 0 Å². The van der Waals surface area contributed by atoms with Crippen molar-refractivity contribution in [1.29, 1.82) is 0 Å². The molecule has 35 heavy (non-hydrogen) atoms. The standard InChI is InChI=1S/C28H27N5OS/c1-35(29,34)27-11-10-24(23-4-2-3-5-25(23)27)26-17-32-33-18-22(16-31-28(26)33)20-8-6-19(7-9-20)21-12-14-30-15-13-21/h2-11,16-18,21,30H,1,12-15H2,(H2,29,34). The second-order valence-electron chi connectivity index (χ2n) is 9.20. The summed E-state index contributed by atoms with van der Waals surface area (Å²) in [5.74, 6) is 4.31. The Hall–Kier alpha value is -3.52. The van der Waals surface area contributed by atoms with Gasteiger partial charge in [0.05, 0.1) is 20.8 Å². The minimum absolute atomic E-state index is 0.552. The first kappa shape index (κ1) is 22.0. The van der Waals surface area contributed by atoms with Gasteiger partial charge in [-0.05, 0) is 71.2 Å². The Morgan fingerprint density at radius 3 is 2.40 bits per heavy atom. The van der Waals surface area contributed by atoms with Crippen LogP contribution in [0.15, 0.2) is 84.1 Å². The third-order valence-corrected chi connectivity index (χ3v) is 8.06. The monoisotopic (exact) mass is 481 g/mol. The lowest BCUT2D eigenvalue weighted by Crippen LogP contribution is -2.26. The molecule has 1 saturated heterocycles. The molecule has 0 saturated carbocycles. The summed E-state index contributed by atoms with van der Waals surface area (Å²) in [4.78, 5) is 5.34. The highest BCUT2D eigenvalue weighted by Crippen LogP contribution is 2.34. The van der Waals surface area contributed by atoms with E-state index in [4.69, 9.17) is 10.1 Å². The highest BCUT2D eigenvalue weighted by molar-refractivity contribution is 7.98. The van der Waals surface area contributed by atoms with Crippen LogP contribution in [0.3, 0.4) is 0 Å². The first-order chi connectivity index (χ1) is 17.0. The molecule has 1 aliphatic heterocycles. The molecule has 0 aliphatic carbocycles. The lowest BCUT2D eigenvalue weighted by atomic mass is 9.89. The minimum atomic E-state index is -2.84. The molecule has 0 spiro atoms. The third kappa shape index (κ3) is 4.01. The van der Waals surface area contributed by atoms with Crippen molar-refractivity contribution in [2.45, 2.75) is 23.7 Å². The quantitative estimate of drug-likeness (QED) is 0.367. The molecule has 3 heterocycles. The summed E-state index contributed by atoms with van der Waals surface area (Å²) in [6, 6.07) is 20.4. The van der Waals surface area contributed by atoms with Gasteiger partial charge in [0.1, 0.15) is 0 Å². The van der Waals surface area contributed by atoms with Gasteiger partial charge >= 0.3 is 0 Å². The third-order valence-electron chi connectivity index (χ3n) is 6.96. The van der Waals surface area contributed by atoms with E-state index in [1.807, 2.05) is 53.4 Å². The molecule has 0 bridgehead atoms. The van der Waals surface area contributed by atoms with Crippen molar-refractivity contribution in [3.63, 3.8) is 0 Å². The number of nitrogens with zero attached hydrogens (tertiary/aromatic N) is 3. The smallest absolute Gasteiger partial charge is 0.162 e. The Morgan fingerprint density at radius 2 is 1.66 bits per heavy atom. The predicted octanol–water partition coefficient (Wildman–Crippen LogP) is 4.63. The van der Waals surface area contributed by atoms with E-state index in [0.29, 0.717) is 10.8 Å². The van der Waals surface area contributed by atoms with Crippen LogP contribution in [-0.2, 0) is 9.71 Å². The van der Waals surface area contributed by atoms with E-state index < -0.39 is 9.71 Å². The number of hydrogen-bond acceptors (Lipinski definition) is 4. The highest BCUT2D eigenvalue weighted by atomic mass is 32.2. The normalized spacial score (nSPS) is 16.5. The van der Waals surface area contributed by atoms with Gasteiger partial charge in [-0.15, -0.1) is 0 Å². The largest absolute Gasteiger partial charge is 0.317 e. The van der Waals surface area contributed by atoms with Crippen molar-refractivity contribution in [3.8, 4) is 22.3 Å². The van der Waals surface area contributed by atoms with Crippen LogP contribution in [0.1, 0.15) is 24.3 Å². The fraction of sp³-hybridized carbons (Fsp3) is 0.179. The topological polar surface area (TPSA) is 85.3 Å². The average Bonchev–Trinajstić information content (AvgIpc) is 3.31. The summed E-state index contributed by atoms with van der Waals surface area (Å²) >= 11 is 0. The Labute approximate surface area is 205 Å². The Bertz CT molecular complexity index is 1650. The lowest BCUT2D eigenvalue weighted by Gasteiger charge is -2.23. The van der Waals surface area contributed by atoms with Crippen molar-refractivity contribution >= 4 is 32.0 Å². The summed E-state index contributed by atoms with van der Waals surface area (Å²) < 4.78 is 14.4. The van der Waals surface area contributed by atoms with Crippen LogP contribution in [0.2, 0.25) is 0 Å². The molecule has 5 aromatic rings. The fourth-order valence-corrected chi connectivity index (χ4v) is 5.97. The van der Waals surface area contributed by atoms with E-state index in [0.717, 1.165) is 51.8 Å². The van der Waals surface area contributed by atoms with Gasteiger partial charge < -0.3 is 5.32 Å². The van der Waals surface area contributed by atoms with Gasteiger partial charge in [-0.2, -0.15) is 5.10 Å². The zero-order valence-electron chi connectivity index (χ0n) is 19.4. The van der Waals surface area contributed by atoms with Crippen LogP contribution in [0.4, 0.5) is 0 Å². The van der Waals surface area contributed by atoms with Gasteiger partial charge in [0.15, 0.2) is 5.65 Å². The number of rotatable bonds is 4. The molecule has 7 heteroatoms. The molecule has 3 N–H and O–H groups in total. The lowest BCUT2D eigenvalue weighted by molar-refractivity contribution is 0.460. The molecule has 0 radical (unpaired) electrons. The number of piperidine rings is 1. The van der Waals surface area contributed by atoms with E-state index in [9.17, 15) is 4.21 Å². The Kier molecular flexibility index (Phi) is 5.40. The van der Waals surface area contributed by atoms with Crippen LogP contribution in [0, 0.1) is 0 Å². The van der Waals surface area contributed by atoms with Crippen LogP contribution in [0.5, 0.6) is 0 Å². The van der Waals surface area contributed by atoms with Crippen LogP contribution in [-0.4, -0.2) is 37.8 Å². The van der Waals surface area contributed by atoms with E-state index in [1.165, 1.54) is 18.4 Å². The van der Waals surface area contributed by atoms with E-state index in [-0.39, 0.29) is 0 Å². The van der Waals surface area contributed by atoms with Crippen molar-refractivity contribution in [2.75, 3.05) is 13.1 Å². The second kappa shape index (κ2) is 8.61. The zero-order valence-corrected chi connectivity index (χ0v) is 20.2. The van der Waals surface area contributed by atoms with Gasteiger partial charge in [0.25, 0.3) is 0 Å². The van der Waals surface area contributed by atoms with Crippen LogP contribution < -0.4 is 10.5 Å². The zero-order chi connectivity index (χ0) is 24.0. The second-order valence-corrected chi connectivity index (χ2v) is 11.1. The number of fused-ring (bicyclic) bond motifs is 2. The number of aromatic nitrogens is 3. The van der Waals surface area contributed by atoms with Crippen molar-refractivity contribution in [3.05, 3.63) is 84.8 Å². The van der Waals surface area contributed by atoms with Crippen LogP contribution >= 0.6 is 0 Å². The first-order valence-electron chi connectivity index (χ1n) is 11.8. The summed E-state index contributed by atoms with van der Waals surface area (Å²) in [5.41, 5.74) is 6.19. The van der Waals surface area contributed by atoms with Gasteiger partial charge in [-0.25, -0.2) is 13.7 Å². The number of nitrogens with one attached hydrogen (secondary N) is 1. The van der Waals surface area contributed by atoms with E-state index in [2.05, 4.69) is 40.6 Å². The summed E-state index contributed by atoms with van der Waals surface area (Å²) in [7, 11) is -2.84. The van der Waals surface area contributed by atoms with Crippen molar-refractivity contribution in [1.82, 2.24) is 19.9 Å². The summed E-state index contributed by atoms with van der Waals surface area (Å²) in [6.45, 7) is 2.18.